The molecule has 0 aromatic rings. The molecule has 0 aromatic carbocycles. The molecule has 0 aromatic heterocycles. The Morgan fingerprint density at radius 1 is 2.00 bits per heavy atom. The number of halogens is 1. The van der Waals surface area contributed by atoms with Gasteiger partial charge >= 0.3 is 0 Å². The second-order valence-corrected chi connectivity index (χ2v) is 2.17. The third kappa shape index (κ3) is 0.885. The van der Waals surface area contributed by atoms with Crippen LogP contribution >= 0.6 is 11.6 Å². The van der Waals surface area contributed by atoms with E-state index in [9.17, 15) is 0 Å². The first-order valence-electron chi connectivity index (χ1n) is 2.28. The minimum absolute atomic E-state index is 0.418. The number of ether oxygens (including phenoxy) is 1. The first-order chi connectivity index (χ1) is 3.30. The molecule has 1 aliphatic heterocycles. The van der Waals surface area contributed by atoms with E-state index in [2.05, 4.69) is 0 Å². The van der Waals surface area contributed by atoms with Crippen molar-refractivity contribution >= 4 is 11.6 Å². The zero-order chi connectivity index (χ0) is 5.28. The molecule has 7 heavy (non-hydrogen) atoms. The quantitative estimate of drug-likeness (QED) is 0.471. The summed E-state index contributed by atoms with van der Waals surface area (Å²) in [6, 6.07) is 0. The van der Waals surface area contributed by atoms with Crippen LogP contribution in [-0.2, 0) is 4.74 Å². The van der Waals surface area contributed by atoms with Crippen molar-refractivity contribution in [1.82, 2.24) is 0 Å². The molecule has 0 aliphatic carbocycles. The van der Waals surface area contributed by atoms with Crippen LogP contribution in [0.5, 0.6) is 0 Å². The van der Waals surface area contributed by atoms with Crippen molar-refractivity contribution in [3.05, 3.63) is 11.3 Å². The average molecular weight is 119 g/mol. The highest BCUT2D eigenvalue weighted by Crippen LogP contribution is 2.20. The summed E-state index contributed by atoms with van der Waals surface area (Å²) in [6.07, 6.45) is 1.60. The molecule has 2 heteroatoms. The van der Waals surface area contributed by atoms with Gasteiger partial charge in [-0.3, -0.25) is 0 Å². The number of rotatable bonds is 0. The zero-order valence-electron chi connectivity index (χ0n) is 4.15. The fraction of sp³-hybridized carbons (Fsp3) is 0.600. The first-order valence-corrected chi connectivity index (χ1v) is 2.65. The van der Waals surface area contributed by atoms with Gasteiger partial charge in [0.1, 0.15) is 0 Å². The summed E-state index contributed by atoms with van der Waals surface area (Å²) in [4.78, 5) is 0. The van der Waals surface area contributed by atoms with Crippen LogP contribution in [0.25, 0.3) is 0 Å². The molecule has 0 bridgehead atoms. The van der Waals surface area contributed by atoms with Crippen LogP contribution in [0.4, 0.5) is 0 Å². The van der Waals surface area contributed by atoms with Crippen LogP contribution in [-0.4, -0.2) is 6.61 Å². The van der Waals surface area contributed by atoms with Crippen LogP contribution in [0, 0.1) is 5.92 Å². The monoisotopic (exact) mass is 118 g/mol. The summed E-state index contributed by atoms with van der Waals surface area (Å²) in [7, 11) is 0. The van der Waals surface area contributed by atoms with Gasteiger partial charge in [-0.25, -0.2) is 0 Å². The highest BCUT2D eigenvalue weighted by atomic mass is 35.5. The zero-order valence-corrected chi connectivity index (χ0v) is 4.90. The Labute approximate surface area is 47.9 Å². The number of hydrogen-bond acceptors (Lipinski definition) is 1. The maximum absolute atomic E-state index is 5.60. The lowest BCUT2D eigenvalue weighted by molar-refractivity contribution is 0.255. The minimum Gasteiger partial charge on any atom is -0.499 e. The largest absolute Gasteiger partial charge is 0.499 e. The van der Waals surface area contributed by atoms with Gasteiger partial charge in [-0.15, -0.1) is 0 Å². The van der Waals surface area contributed by atoms with Crippen LogP contribution in [0.1, 0.15) is 6.92 Å². The molecule has 0 saturated heterocycles. The van der Waals surface area contributed by atoms with Crippen LogP contribution < -0.4 is 0 Å². The first kappa shape index (κ1) is 4.98. The molecule has 1 rings (SSSR count). The fourth-order valence-corrected chi connectivity index (χ4v) is 0.594. The molecule has 0 unspecified atom stereocenters. The normalized spacial score (nSPS) is 29.4. The van der Waals surface area contributed by atoms with E-state index in [0.29, 0.717) is 5.92 Å². The van der Waals surface area contributed by atoms with E-state index >= 15 is 0 Å². The molecule has 0 radical (unpaired) electrons. The van der Waals surface area contributed by atoms with Gasteiger partial charge in [0.2, 0.25) is 0 Å². The summed E-state index contributed by atoms with van der Waals surface area (Å²) in [6.45, 7) is 2.78. The van der Waals surface area contributed by atoms with Gasteiger partial charge < -0.3 is 4.74 Å². The van der Waals surface area contributed by atoms with Crippen LogP contribution in [0.3, 0.4) is 0 Å². The standard InChI is InChI=1S/C5H7ClO/c1-4-2-7-3-5(4)6/h3-4H,2H2,1H3/t4-/m0/s1. The minimum atomic E-state index is 0.418. The SMILES string of the molecule is C[C@H]1COC=C1Cl. The van der Waals surface area contributed by atoms with Crippen LogP contribution in [0.15, 0.2) is 11.3 Å². The smallest absolute Gasteiger partial charge is 0.0978 e. The van der Waals surface area contributed by atoms with Gasteiger partial charge in [-0.1, -0.05) is 18.5 Å². The molecular formula is C5H7ClO. The Bertz CT molecular complexity index is 98.3. The topological polar surface area (TPSA) is 9.23 Å². The Balaban J connectivity index is 2.54. The Morgan fingerprint density at radius 2 is 2.71 bits per heavy atom. The molecule has 0 spiro atoms. The van der Waals surface area contributed by atoms with Crippen molar-refractivity contribution in [3.8, 4) is 0 Å². The summed E-state index contributed by atoms with van der Waals surface area (Å²) >= 11 is 5.60. The Morgan fingerprint density at radius 3 is 2.86 bits per heavy atom. The highest BCUT2D eigenvalue weighted by Gasteiger charge is 2.11. The summed E-state index contributed by atoms with van der Waals surface area (Å²) < 4.78 is 4.88. The third-order valence-corrected chi connectivity index (χ3v) is 1.47. The highest BCUT2D eigenvalue weighted by molar-refractivity contribution is 6.29. The molecule has 0 amide bonds. The predicted octanol–water partition coefficient (Wildman–Crippen LogP) is 1.73. The molecule has 0 saturated carbocycles. The molecule has 40 valence electrons. The van der Waals surface area contributed by atoms with E-state index in [-0.39, 0.29) is 0 Å². The molecule has 1 aliphatic rings. The summed E-state index contributed by atoms with van der Waals surface area (Å²) in [5, 5.41) is 0.833. The lowest BCUT2D eigenvalue weighted by Gasteiger charge is -1.94. The van der Waals surface area contributed by atoms with E-state index < -0.39 is 0 Å². The van der Waals surface area contributed by atoms with E-state index in [1.807, 2.05) is 6.92 Å². The third-order valence-electron chi connectivity index (χ3n) is 1.01. The molecule has 1 heterocycles. The van der Waals surface area contributed by atoms with Crippen molar-refractivity contribution < 1.29 is 4.74 Å². The molecular weight excluding hydrogens is 112 g/mol. The van der Waals surface area contributed by atoms with Gasteiger partial charge in [-0.05, 0) is 0 Å². The van der Waals surface area contributed by atoms with Crippen molar-refractivity contribution in [2.75, 3.05) is 6.61 Å². The van der Waals surface area contributed by atoms with Crippen molar-refractivity contribution in [1.29, 1.82) is 0 Å². The lowest BCUT2D eigenvalue weighted by atomic mass is 10.2. The van der Waals surface area contributed by atoms with E-state index in [1.165, 1.54) is 0 Å². The Hall–Kier alpha value is -0.170. The van der Waals surface area contributed by atoms with Crippen molar-refractivity contribution in [3.63, 3.8) is 0 Å². The van der Waals surface area contributed by atoms with Gasteiger partial charge in [0.25, 0.3) is 0 Å². The van der Waals surface area contributed by atoms with Gasteiger partial charge in [-0.2, -0.15) is 0 Å². The molecule has 1 atom stereocenters. The van der Waals surface area contributed by atoms with Crippen LogP contribution in [0.2, 0.25) is 0 Å². The summed E-state index contributed by atoms with van der Waals surface area (Å²) in [5.41, 5.74) is 0. The predicted molar refractivity (Wildman–Crippen MR) is 29.1 cm³/mol. The molecule has 0 N–H and O–H groups in total. The maximum Gasteiger partial charge on any atom is 0.0978 e. The molecule has 0 fully saturated rings. The average Bonchev–Trinajstić information content (AvgIpc) is 1.91. The fourth-order valence-electron chi connectivity index (χ4n) is 0.468. The van der Waals surface area contributed by atoms with E-state index in [1.54, 1.807) is 6.26 Å². The maximum atomic E-state index is 5.60. The second-order valence-electron chi connectivity index (χ2n) is 1.74. The van der Waals surface area contributed by atoms with E-state index in [4.69, 9.17) is 16.3 Å². The van der Waals surface area contributed by atoms with Crippen molar-refractivity contribution in [2.24, 2.45) is 5.92 Å². The second kappa shape index (κ2) is 1.74. The number of hydrogen-bond donors (Lipinski definition) is 0. The van der Waals surface area contributed by atoms with E-state index in [0.717, 1.165) is 11.6 Å². The lowest BCUT2D eigenvalue weighted by Crippen LogP contribution is -1.92. The van der Waals surface area contributed by atoms with Crippen molar-refractivity contribution in [2.45, 2.75) is 6.92 Å². The van der Waals surface area contributed by atoms with Gasteiger partial charge in [0.15, 0.2) is 0 Å². The van der Waals surface area contributed by atoms with Gasteiger partial charge in [0, 0.05) is 5.92 Å². The van der Waals surface area contributed by atoms with Gasteiger partial charge in [0.05, 0.1) is 17.9 Å². The summed E-state index contributed by atoms with van der Waals surface area (Å²) in [5.74, 6) is 0.418. The molecule has 1 nitrogen and oxygen atoms in total. The Kier molecular flexibility index (Phi) is 1.24.